The fraction of sp³-hybridized carbons (Fsp3) is 0.148. The van der Waals surface area contributed by atoms with Crippen molar-refractivity contribution in [3.8, 4) is 11.4 Å². The van der Waals surface area contributed by atoms with Gasteiger partial charge in [0.25, 0.3) is 5.89 Å². The van der Waals surface area contributed by atoms with Gasteiger partial charge in [0.1, 0.15) is 5.82 Å². The van der Waals surface area contributed by atoms with Crippen LogP contribution in [0.3, 0.4) is 0 Å². The normalized spacial score (nSPS) is 16.0. The maximum absolute atomic E-state index is 13.9. The predicted octanol–water partition coefficient (Wildman–Crippen LogP) is 6.85. The molecule has 0 saturated carbocycles. The van der Waals surface area contributed by atoms with Crippen LogP contribution in [0.4, 0.5) is 14.9 Å². The lowest BCUT2D eigenvalue weighted by Crippen LogP contribution is -2.46. The lowest BCUT2D eigenvalue weighted by molar-refractivity contribution is 0.244. The molecule has 1 N–H and O–H groups in total. The fourth-order valence-corrected chi connectivity index (χ4v) is 4.28. The second-order valence-electron chi connectivity index (χ2n) is 8.49. The first-order valence-corrected chi connectivity index (χ1v) is 11.4. The van der Waals surface area contributed by atoms with Crippen molar-refractivity contribution in [2.24, 2.45) is 0 Å². The average Bonchev–Trinajstić information content (AvgIpc) is 3.31. The summed E-state index contributed by atoms with van der Waals surface area (Å²) in [6.45, 7) is 5.48. The summed E-state index contributed by atoms with van der Waals surface area (Å²) in [4.78, 5) is 19.4. The third-order valence-corrected chi connectivity index (χ3v) is 6.31. The highest BCUT2D eigenvalue weighted by Crippen LogP contribution is 2.39. The second-order valence-corrected chi connectivity index (χ2v) is 8.93. The number of halogens is 2. The van der Waals surface area contributed by atoms with Crippen LogP contribution in [0.2, 0.25) is 5.02 Å². The summed E-state index contributed by atoms with van der Waals surface area (Å²) in [7, 11) is 0. The minimum atomic E-state index is -0.514. The molecule has 176 valence electrons. The monoisotopic (exact) mass is 488 g/mol. The third-order valence-electron chi connectivity index (χ3n) is 6.05. The quantitative estimate of drug-likeness (QED) is 0.341. The molecule has 0 fully saturated rings. The molecule has 0 spiro atoms. The summed E-state index contributed by atoms with van der Waals surface area (Å²) in [5.41, 5.74) is 4.97. The topological polar surface area (TPSA) is 71.3 Å². The number of allylic oxidation sites excluding steroid dienone is 1. The molecule has 3 aromatic carbocycles. The van der Waals surface area contributed by atoms with Gasteiger partial charge in [-0.3, -0.25) is 4.90 Å². The molecule has 2 heterocycles. The number of benzene rings is 3. The smallest absolute Gasteiger partial charge is 0.326 e. The molecule has 1 unspecified atom stereocenters. The van der Waals surface area contributed by atoms with Gasteiger partial charge >= 0.3 is 6.03 Å². The van der Waals surface area contributed by atoms with Crippen molar-refractivity contribution in [3.05, 3.63) is 106 Å². The highest BCUT2D eigenvalue weighted by molar-refractivity contribution is 6.30. The highest BCUT2D eigenvalue weighted by atomic mass is 35.5. The van der Waals surface area contributed by atoms with Gasteiger partial charge in [0.05, 0.1) is 17.3 Å². The van der Waals surface area contributed by atoms with E-state index in [4.69, 9.17) is 16.1 Å². The summed E-state index contributed by atoms with van der Waals surface area (Å²) in [5, 5.41) is 7.83. The van der Waals surface area contributed by atoms with Gasteiger partial charge in [-0.1, -0.05) is 46.6 Å². The maximum Gasteiger partial charge on any atom is 0.326 e. The van der Waals surface area contributed by atoms with E-state index >= 15 is 0 Å². The molecular formula is C27H22ClFN4O2. The first kappa shape index (κ1) is 22.8. The molecule has 0 radical (unpaired) electrons. The molecule has 1 atom stereocenters. The Bertz CT molecular complexity index is 1450. The van der Waals surface area contributed by atoms with Crippen LogP contribution in [-0.4, -0.2) is 16.2 Å². The van der Waals surface area contributed by atoms with E-state index in [2.05, 4.69) is 15.5 Å². The number of anilines is 1. The lowest BCUT2D eigenvalue weighted by Gasteiger charge is -2.35. The van der Waals surface area contributed by atoms with Crippen LogP contribution in [0.1, 0.15) is 35.5 Å². The molecule has 0 saturated heterocycles. The van der Waals surface area contributed by atoms with E-state index in [1.165, 1.54) is 11.0 Å². The van der Waals surface area contributed by atoms with E-state index in [0.29, 0.717) is 33.4 Å². The predicted molar refractivity (Wildman–Crippen MR) is 133 cm³/mol. The largest absolute Gasteiger partial charge is 0.334 e. The molecular weight excluding hydrogens is 467 g/mol. The van der Waals surface area contributed by atoms with Crippen LogP contribution in [0, 0.1) is 19.7 Å². The molecule has 4 aromatic rings. The van der Waals surface area contributed by atoms with Gasteiger partial charge in [-0.05, 0) is 74.4 Å². The number of carbonyl (C=O) groups is 1. The minimum absolute atomic E-state index is 0.279. The summed E-state index contributed by atoms with van der Waals surface area (Å²) in [5.74, 6) is 0.345. The first-order valence-electron chi connectivity index (χ1n) is 11.1. The summed E-state index contributed by atoms with van der Waals surface area (Å²) < 4.78 is 19.6. The molecule has 0 bridgehead atoms. The highest BCUT2D eigenvalue weighted by Gasteiger charge is 2.36. The van der Waals surface area contributed by atoms with Crippen LogP contribution in [-0.2, 0) is 0 Å². The van der Waals surface area contributed by atoms with Gasteiger partial charge < -0.3 is 9.84 Å². The van der Waals surface area contributed by atoms with Crippen molar-refractivity contribution in [2.75, 3.05) is 4.90 Å². The van der Waals surface area contributed by atoms with Crippen molar-refractivity contribution in [1.29, 1.82) is 0 Å². The van der Waals surface area contributed by atoms with Crippen LogP contribution in [0.25, 0.3) is 17.0 Å². The number of carbonyl (C=O) groups excluding carboxylic acids is 1. The Balaban J connectivity index is 1.65. The molecule has 1 aliphatic heterocycles. The molecule has 35 heavy (non-hydrogen) atoms. The number of nitrogens with zero attached hydrogens (tertiary/aromatic N) is 3. The molecule has 8 heteroatoms. The Morgan fingerprint density at radius 2 is 1.71 bits per heavy atom. The Morgan fingerprint density at radius 1 is 1.00 bits per heavy atom. The second kappa shape index (κ2) is 9.00. The number of hydrogen-bond donors (Lipinski definition) is 1. The van der Waals surface area contributed by atoms with Crippen molar-refractivity contribution in [3.63, 3.8) is 0 Å². The number of hydrogen-bond acceptors (Lipinski definition) is 4. The van der Waals surface area contributed by atoms with E-state index in [9.17, 15) is 9.18 Å². The number of nitrogens with one attached hydrogen (secondary N) is 1. The molecule has 2 amide bonds. The molecule has 6 nitrogen and oxygen atoms in total. The van der Waals surface area contributed by atoms with Crippen LogP contribution in [0.5, 0.6) is 0 Å². The van der Waals surface area contributed by atoms with Gasteiger partial charge in [-0.25, -0.2) is 9.18 Å². The number of amides is 2. The zero-order chi connectivity index (χ0) is 24.7. The first-order chi connectivity index (χ1) is 16.8. The Morgan fingerprint density at radius 3 is 2.40 bits per heavy atom. The minimum Gasteiger partial charge on any atom is -0.334 e. The number of rotatable bonds is 4. The Hall–Kier alpha value is -3.97. The maximum atomic E-state index is 13.9. The van der Waals surface area contributed by atoms with Crippen molar-refractivity contribution in [1.82, 2.24) is 15.5 Å². The molecule has 5 rings (SSSR count). The van der Waals surface area contributed by atoms with Crippen molar-refractivity contribution in [2.45, 2.75) is 26.8 Å². The molecule has 1 aromatic heterocycles. The SMILES string of the molecule is CC1=C(c2nc(-c3ccc(Cl)cc3)no2)C(c2ccc(C)cc2)NC(=O)N1c1ccc(F)c(C)c1. The zero-order valence-electron chi connectivity index (χ0n) is 19.3. The van der Waals surface area contributed by atoms with Crippen LogP contribution >= 0.6 is 11.6 Å². The van der Waals surface area contributed by atoms with Crippen molar-refractivity contribution < 1.29 is 13.7 Å². The van der Waals surface area contributed by atoms with Gasteiger partial charge in [0, 0.05) is 16.3 Å². The van der Waals surface area contributed by atoms with Crippen LogP contribution in [0.15, 0.2) is 77.0 Å². The van der Waals surface area contributed by atoms with E-state index in [0.717, 1.165) is 16.7 Å². The third kappa shape index (κ3) is 4.31. The fourth-order valence-electron chi connectivity index (χ4n) is 4.16. The lowest BCUT2D eigenvalue weighted by atomic mass is 9.94. The summed E-state index contributed by atoms with van der Waals surface area (Å²) >= 11 is 6.01. The molecule has 1 aliphatic rings. The summed E-state index contributed by atoms with van der Waals surface area (Å²) in [6, 6.07) is 18.7. The Labute approximate surface area is 207 Å². The standard InChI is InChI=1S/C27H22ClFN4O2/c1-15-4-6-18(7-5-15)24-23(26-31-25(32-35-26)19-8-10-20(28)11-9-19)17(3)33(27(34)30-24)21-12-13-22(29)16(2)14-21/h4-14,24H,1-3H3,(H,30,34). The van der Waals surface area contributed by atoms with Gasteiger partial charge in [-0.2, -0.15) is 4.98 Å². The van der Waals surface area contributed by atoms with Crippen LogP contribution < -0.4 is 10.2 Å². The average molecular weight is 489 g/mol. The zero-order valence-corrected chi connectivity index (χ0v) is 20.1. The van der Waals surface area contributed by atoms with E-state index in [1.807, 2.05) is 50.2 Å². The van der Waals surface area contributed by atoms with Gasteiger partial charge in [0.2, 0.25) is 5.82 Å². The number of aryl methyl sites for hydroxylation is 2. The Kier molecular flexibility index (Phi) is 5.86. The van der Waals surface area contributed by atoms with E-state index in [1.54, 1.807) is 31.2 Å². The van der Waals surface area contributed by atoms with E-state index in [-0.39, 0.29) is 17.7 Å². The van der Waals surface area contributed by atoms with E-state index < -0.39 is 6.04 Å². The molecule has 0 aliphatic carbocycles. The van der Waals surface area contributed by atoms with Gasteiger partial charge in [-0.15, -0.1) is 0 Å². The number of urea groups is 1. The number of aromatic nitrogens is 2. The van der Waals surface area contributed by atoms with Crippen molar-refractivity contribution >= 4 is 28.9 Å². The summed E-state index contributed by atoms with van der Waals surface area (Å²) in [6.07, 6.45) is 0. The van der Waals surface area contributed by atoms with Gasteiger partial charge in [0.15, 0.2) is 0 Å².